The van der Waals surface area contributed by atoms with Gasteiger partial charge >= 0.3 is 0 Å². The van der Waals surface area contributed by atoms with E-state index in [4.69, 9.17) is 0 Å². The minimum atomic E-state index is -2.98. The highest BCUT2D eigenvalue weighted by molar-refractivity contribution is 7.89. The number of para-hydroxylation sites is 1. The molecule has 0 bridgehead atoms. The first kappa shape index (κ1) is 9.61. The molecule has 0 amide bonds. The first-order valence-corrected chi connectivity index (χ1v) is 6.99. The third-order valence-electron chi connectivity index (χ3n) is 1.86. The van der Waals surface area contributed by atoms with Crippen molar-refractivity contribution >= 4 is 31.4 Å². The molecule has 0 unspecified atom stereocenters. The second-order valence-electron chi connectivity index (χ2n) is 3.19. The van der Waals surface area contributed by atoms with Gasteiger partial charge in [0.2, 0.25) is 0 Å². The number of aromatic nitrogens is 1. The third-order valence-corrected chi connectivity index (χ3v) is 3.49. The van der Waals surface area contributed by atoms with Crippen LogP contribution < -0.4 is 0 Å². The predicted molar refractivity (Wildman–Crippen MR) is 58.2 cm³/mol. The molecule has 0 aliphatic rings. The summed E-state index contributed by atoms with van der Waals surface area (Å²) in [7, 11) is -2.98. The minimum Gasteiger partial charge on any atom is -0.244 e. The summed E-state index contributed by atoms with van der Waals surface area (Å²) in [4.78, 5) is 4.16. The van der Waals surface area contributed by atoms with E-state index in [2.05, 4.69) is 4.98 Å². The average Bonchev–Trinajstić information content (AvgIpc) is 2.49. The van der Waals surface area contributed by atoms with E-state index in [1.165, 1.54) is 17.6 Å². The molecule has 1 heterocycles. The van der Waals surface area contributed by atoms with Crippen molar-refractivity contribution in [2.75, 3.05) is 6.26 Å². The van der Waals surface area contributed by atoms with E-state index in [0.717, 1.165) is 15.8 Å². The normalized spacial score (nSPS) is 12.1. The maximum Gasteiger partial charge on any atom is 0.151 e. The third kappa shape index (κ3) is 1.93. The molecule has 3 nitrogen and oxygen atoms in total. The molecule has 1 aromatic heterocycles. The zero-order valence-corrected chi connectivity index (χ0v) is 9.23. The van der Waals surface area contributed by atoms with E-state index in [1.54, 1.807) is 5.51 Å². The molecule has 5 heteroatoms. The summed E-state index contributed by atoms with van der Waals surface area (Å²) in [6.45, 7) is 0. The Morgan fingerprint density at radius 1 is 1.43 bits per heavy atom. The van der Waals surface area contributed by atoms with Gasteiger partial charge in [-0.2, -0.15) is 0 Å². The quantitative estimate of drug-likeness (QED) is 0.786. The lowest BCUT2D eigenvalue weighted by Crippen LogP contribution is -2.00. The van der Waals surface area contributed by atoms with Crippen molar-refractivity contribution in [3.8, 4) is 0 Å². The first-order chi connectivity index (χ1) is 6.56. The van der Waals surface area contributed by atoms with Gasteiger partial charge in [-0.25, -0.2) is 13.4 Å². The van der Waals surface area contributed by atoms with Crippen LogP contribution >= 0.6 is 11.3 Å². The molecule has 0 aliphatic heterocycles. The van der Waals surface area contributed by atoms with Crippen molar-refractivity contribution in [2.24, 2.45) is 0 Å². The van der Waals surface area contributed by atoms with Crippen molar-refractivity contribution < 1.29 is 8.42 Å². The number of fused-ring (bicyclic) bond motifs is 1. The maximum atomic E-state index is 11.1. The number of nitrogens with zero attached hydrogens (tertiary/aromatic N) is 1. The summed E-state index contributed by atoms with van der Waals surface area (Å²) in [6.07, 6.45) is 1.23. The highest BCUT2D eigenvalue weighted by Crippen LogP contribution is 2.22. The molecule has 0 saturated heterocycles. The Labute approximate surface area is 86.3 Å². The Bertz CT molecular complexity index is 557. The van der Waals surface area contributed by atoms with Crippen LogP contribution in [0.15, 0.2) is 23.7 Å². The highest BCUT2D eigenvalue weighted by Gasteiger charge is 2.09. The van der Waals surface area contributed by atoms with Crippen LogP contribution in [0.25, 0.3) is 10.2 Å². The summed E-state index contributed by atoms with van der Waals surface area (Å²) < 4.78 is 23.3. The standard InChI is InChI=1S/C9H9NO2S2/c1-14(11,12)5-7-3-2-4-8-9(7)10-6-13-8/h2-4,6H,5H2,1H3. The van der Waals surface area contributed by atoms with Crippen LogP contribution in [0.1, 0.15) is 5.56 Å². The Hall–Kier alpha value is -0.940. The van der Waals surface area contributed by atoms with Crippen LogP contribution in [-0.2, 0) is 15.6 Å². The molecule has 14 heavy (non-hydrogen) atoms. The van der Waals surface area contributed by atoms with E-state index < -0.39 is 9.84 Å². The fourth-order valence-corrected chi connectivity index (χ4v) is 2.87. The van der Waals surface area contributed by atoms with Crippen LogP contribution in [0, 0.1) is 0 Å². The van der Waals surface area contributed by atoms with Crippen molar-refractivity contribution in [1.29, 1.82) is 0 Å². The first-order valence-electron chi connectivity index (χ1n) is 4.05. The molecular weight excluding hydrogens is 218 g/mol. The molecule has 1 aromatic carbocycles. The van der Waals surface area contributed by atoms with E-state index >= 15 is 0 Å². The number of sulfone groups is 1. The summed E-state index contributed by atoms with van der Waals surface area (Å²) >= 11 is 1.52. The van der Waals surface area contributed by atoms with Gasteiger partial charge in [0.1, 0.15) is 0 Å². The smallest absolute Gasteiger partial charge is 0.151 e. The van der Waals surface area contributed by atoms with Gasteiger partial charge in [0.05, 0.1) is 21.5 Å². The van der Waals surface area contributed by atoms with Gasteiger partial charge in [-0.1, -0.05) is 12.1 Å². The van der Waals surface area contributed by atoms with Gasteiger partial charge in [-0.15, -0.1) is 11.3 Å². The van der Waals surface area contributed by atoms with Crippen molar-refractivity contribution in [1.82, 2.24) is 4.98 Å². The number of hydrogen-bond donors (Lipinski definition) is 0. The second-order valence-corrected chi connectivity index (χ2v) is 6.21. The topological polar surface area (TPSA) is 47.0 Å². The molecule has 2 aromatic rings. The summed E-state index contributed by atoms with van der Waals surface area (Å²) in [5, 5.41) is 0. The fraction of sp³-hybridized carbons (Fsp3) is 0.222. The van der Waals surface area contributed by atoms with Gasteiger partial charge in [-0.05, 0) is 11.6 Å². The molecule has 0 radical (unpaired) electrons. The van der Waals surface area contributed by atoms with E-state index in [9.17, 15) is 8.42 Å². The Morgan fingerprint density at radius 2 is 2.21 bits per heavy atom. The zero-order valence-electron chi connectivity index (χ0n) is 7.60. The number of benzene rings is 1. The Balaban J connectivity index is 2.57. The van der Waals surface area contributed by atoms with Gasteiger partial charge in [-0.3, -0.25) is 0 Å². The number of hydrogen-bond acceptors (Lipinski definition) is 4. The molecule has 0 aliphatic carbocycles. The molecule has 74 valence electrons. The SMILES string of the molecule is CS(=O)(=O)Cc1cccc2scnc12. The van der Waals surface area contributed by atoms with E-state index in [1.807, 2.05) is 18.2 Å². The molecular formula is C9H9NO2S2. The average molecular weight is 227 g/mol. The van der Waals surface area contributed by atoms with E-state index in [0.29, 0.717) is 0 Å². The molecule has 0 spiro atoms. The van der Waals surface area contributed by atoms with Gasteiger partial charge in [0, 0.05) is 6.26 Å². The van der Waals surface area contributed by atoms with Crippen molar-refractivity contribution in [2.45, 2.75) is 5.75 Å². The monoisotopic (exact) mass is 227 g/mol. The van der Waals surface area contributed by atoms with Crippen molar-refractivity contribution in [3.05, 3.63) is 29.3 Å². The number of rotatable bonds is 2. The lowest BCUT2D eigenvalue weighted by atomic mass is 10.2. The van der Waals surface area contributed by atoms with E-state index in [-0.39, 0.29) is 5.75 Å². The number of thiazole rings is 1. The van der Waals surface area contributed by atoms with Crippen LogP contribution in [0.4, 0.5) is 0 Å². The molecule has 0 N–H and O–H groups in total. The van der Waals surface area contributed by atoms with Crippen molar-refractivity contribution in [3.63, 3.8) is 0 Å². The summed E-state index contributed by atoms with van der Waals surface area (Å²) in [6, 6.07) is 5.61. The lowest BCUT2D eigenvalue weighted by Gasteiger charge is -1.99. The minimum absolute atomic E-state index is 0.0636. The molecule has 2 rings (SSSR count). The molecule has 0 saturated carbocycles. The summed E-state index contributed by atoms with van der Waals surface area (Å²) in [5.74, 6) is 0.0636. The predicted octanol–water partition coefficient (Wildman–Crippen LogP) is 1.84. The Kier molecular flexibility index (Phi) is 2.28. The lowest BCUT2D eigenvalue weighted by molar-refractivity contribution is 0.601. The van der Waals surface area contributed by atoms with Gasteiger partial charge < -0.3 is 0 Å². The van der Waals surface area contributed by atoms with Crippen LogP contribution in [0.2, 0.25) is 0 Å². The largest absolute Gasteiger partial charge is 0.244 e. The van der Waals surface area contributed by atoms with Gasteiger partial charge in [0.25, 0.3) is 0 Å². The summed E-state index contributed by atoms with van der Waals surface area (Å²) in [5.41, 5.74) is 3.32. The fourth-order valence-electron chi connectivity index (χ4n) is 1.34. The second kappa shape index (κ2) is 3.33. The van der Waals surface area contributed by atoms with Crippen LogP contribution in [-0.4, -0.2) is 19.7 Å². The molecule has 0 atom stereocenters. The molecule has 0 fully saturated rings. The zero-order chi connectivity index (χ0) is 10.2. The van der Waals surface area contributed by atoms with Crippen LogP contribution in [0.5, 0.6) is 0 Å². The maximum absolute atomic E-state index is 11.1. The highest BCUT2D eigenvalue weighted by atomic mass is 32.2. The Morgan fingerprint density at radius 3 is 2.93 bits per heavy atom. The van der Waals surface area contributed by atoms with Crippen LogP contribution in [0.3, 0.4) is 0 Å². The van der Waals surface area contributed by atoms with Gasteiger partial charge in [0.15, 0.2) is 9.84 Å².